The summed E-state index contributed by atoms with van der Waals surface area (Å²) in [5, 5.41) is 0. The summed E-state index contributed by atoms with van der Waals surface area (Å²) in [4.78, 5) is 14.2. The average Bonchev–Trinajstić information content (AvgIpc) is 2.68. The van der Waals surface area contributed by atoms with Crippen molar-refractivity contribution in [1.29, 1.82) is 0 Å². The number of hydrogen-bond acceptors (Lipinski definition) is 4. The number of cyclic esters (lactones) is 1. The van der Waals surface area contributed by atoms with Crippen molar-refractivity contribution in [1.82, 2.24) is 4.31 Å². The highest BCUT2D eigenvalue weighted by Crippen LogP contribution is 2.34. The molecule has 1 aromatic carbocycles. The number of aryl methyl sites for hydroxylation is 1. The number of allylic oxidation sites excluding steroid dienone is 4. The topological polar surface area (TPSA) is 66.9 Å². The Bertz CT molecular complexity index is 897. The van der Waals surface area contributed by atoms with Crippen molar-refractivity contribution in [2.24, 2.45) is 0 Å². The fourth-order valence-corrected chi connectivity index (χ4v) is 5.03. The summed E-state index contributed by atoms with van der Waals surface area (Å²) in [7, 11) is -3.35. The summed E-state index contributed by atoms with van der Waals surface area (Å²) < 4.78 is 31.9. The van der Waals surface area contributed by atoms with E-state index >= 15 is 0 Å². The number of rotatable bonds is 6. The predicted molar refractivity (Wildman–Crippen MR) is 111 cm³/mol. The molecule has 0 radical (unpaired) electrons. The van der Waals surface area contributed by atoms with Crippen LogP contribution in [0.1, 0.15) is 24.0 Å². The van der Waals surface area contributed by atoms with Gasteiger partial charge in [0.05, 0.1) is 11.4 Å². The minimum Gasteiger partial charge on any atom is -0.444 e. The van der Waals surface area contributed by atoms with Crippen molar-refractivity contribution in [2.75, 3.05) is 23.7 Å². The Balaban J connectivity index is 1.67. The van der Waals surface area contributed by atoms with Crippen LogP contribution in [0.15, 0.2) is 55.2 Å². The van der Waals surface area contributed by atoms with Crippen LogP contribution in [0, 0.1) is 6.92 Å². The van der Waals surface area contributed by atoms with Gasteiger partial charge in [-0.05, 0) is 25.3 Å². The molecule has 2 aliphatic rings. The van der Waals surface area contributed by atoms with Crippen LogP contribution in [0.2, 0.25) is 0 Å². The lowest BCUT2D eigenvalue weighted by atomic mass is 10.00. The molecule has 0 aliphatic carbocycles. The van der Waals surface area contributed by atoms with Crippen LogP contribution < -0.4 is 4.90 Å². The van der Waals surface area contributed by atoms with Crippen LogP contribution in [0.4, 0.5) is 10.5 Å². The van der Waals surface area contributed by atoms with Gasteiger partial charge in [-0.2, -0.15) is 0 Å². The van der Waals surface area contributed by atoms with Crippen molar-refractivity contribution in [3.05, 3.63) is 66.3 Å². The molecule has 2 heterocycles. The molecular weight excluding hydrogens is 376 g/mol. The molecule has 0 bridgehead atoms. The number of sulfonamides is 1. The number of piperidine rings is 1. The van der Waals surface area contributed by atoms with Crippen molar-refractivity contribution in [2.45, 2.75) is 32.4 Å². The first-order chi connectivity index (χ1) is 13.4. The minimum absolute atomic E-state index is 0.0349. The number of para-hydroxylation sites is 1. The van der Waals surface area contributed by atoms with E-state index in [4.69, 9.17) is 4.74 Å². The van der Waals surface area contributed by atoms with Gasteiger partial charge in [0.1, 0.15) is 6.61 Å². The Hall–Kier alpha value is -2.38. The van der Waals surface area contributed by atoms with Gasteiger partial charge < -0.3 is 4.74 Å². The Morgan fingerprint density at radius 2 is 1.96 bits per heavy atom. The average molecular weight is 403 g/mol. The van der Waals surface area contributed by atoms with Crippen molar-refractivity contribution in [3.63, 3.8) is 0 Å². The largest absolute Gasteiger partial charge is 0.444 e. The normalized spacial score (nSPS) is 19.2. The number of carbonyl (C=O) groups excluding carboxylic acids is 1. The van der Waals surface area contributed by atoms with E-state index < -0.39 is 10.0 Å². The third kappa shape index (κ3) is 4.36. The molecule has 0 unspecified atom stereocenters. The Morgan fingerprint density at radius 3 is 2.68 bits per heavy atom. The number of hydrogen-bond donors (Lipinski definition) is 0. The van der Waals surface area contributed by atoms with Crippen molar-refractivity contribution >= 4 is 21.8 Å². The molecule has 0 atom stereocenters. The van der Waals surface area contributed by atoms with Gasteiger partial charge in [-0.1, -0.05) is 55.2 Å². The summed E-state index contributed by atoms with van der Waals surface area (Å²) in [6.07, 6.45) is 9.28. The van der Waals surface area contributed by atoms with E-state index in [1.807, 2.05) is 25.1 Å². The Kier molecular flexibility index (Phi) is 6.36. The van der Waals surface area contributed by atoms with Gasteiger partial charge in [0.15, 0.2) is 0 Å². The third-order valence-corrected chi connectivity index (χ3v) is 6.86. The number of nitrogens with zero attached hydrogens (tertiary/aromatic N) is 2. The van der Waals surface area contributed by atoms with Gasteiger partial charge in [0.2, 0.25) is 10.0 Å². The van der Waals surface area contributed by atoms with Crippen LogP contribution in [0.3, 0.4) is 0 Å². The number of ether oxygens (including phenoxy) is 1. The van der Waals surface area contributed by atoms with Crippen LogP contribution in [-0.2, 0) is 21.4 Å². The lowest BCUT2D eigenvalue weighted by Crippen LogP contribution is -2.51. The molecule has 0 spiro atoms. The van der Waals surface area contributed by atoms with Gasteiger partial charge in [-0.15, -0.1) is 0 Å². The van der Waals surface area contributed by atoms with Gasteiger partial charge >= 0.3 is 6.09 Å². The van der Waals surface area contributed by atoms with Gasteiger partial charge in [-0.25, -0.2) is 17.5 Å². The molecule has 1 saturated heterocycles. The number of carbonyl (C=O) groups is 1. The molecule has 28 heavy (non-hydrogen) atoms. The maximum atomic E-state index is 12.5. The summed E-state index contributed by atoms with van der Waals surface area (Å²) in [5.74, 6) is -0.0349. The Labute approximate surface area is 166 Å². The molecule has 0 saturated carbocycles. The van der Waals surface area contributed by atoms with Crippen molar-refractivity contribution < 1.29 is 17.9 Å². The van der Waals surface area contributed by atoms with E-state index in [9.17, 15) is 13.2 Å². The molecular formula is C21H26N2O4S. The highest BCUT2D eigenvalue weighted by Gasteiger charge is 2.37. The molecule has 6 nitrogen and oxygen atoms in total. The molecule has 0 N–H and O–H groups in total. The van der Waals surface area contributed by atoms with Crippen LogP contribution in [-0.4, -0.2) is 43.7 Å². The number of amides is 1. The first kappa shape index (κ1) is 20.4. The second-order valence-electron chi connectivity index (χ2n) is 6.96. The lowest BCUT2D eigenvalue weighted by Gasteiger charge is -2.40. The number of fused-ring (bicyclic) bond motifs is 1. The summed E-state index contributed by atoms with van der Waals surface area (Å²) in [5.41, 5.74) is 2.94. The molecule has 0 aromatic heterocycles. The lowest BCUT2D eigenvalue weighted by molar-refractivity contribution is 0.135. The zero-order valence-electron chi connectivity index (χ0n) is 16.1. The monoisotopic (exact) mass is 402 g/mol. The summed E-state index contributed by atoms with van der Waals surface area (Å²) in [6, 6.07) is 5.84. The highest BCUT2D eigenvalue weighted by atomic mass is 32.2. The predicted octanol–water partition coefficient (Wildman–Crippen LogP) is 3.54. The molecule has 1 fully saturated rings. The Morgan fingerprint density at radius 1 is 1.21 bits per heavy atom. The zero-order chi connectivity index (χ0) is 20.1. The fourth-order valence-electron chi connectivity index (χ4n) is 3.70. The molecule has 1 amide bonds. The maximum Gasteiger partial charge on any atom is 0.414 e. The van der Waals surface area contributed by atoms with Crippen LogP contribution in [0.5, 0.6) is 0 Å². The minimum atomic E-state index is -3.35. The first-order valence-corrected chi connectivity index (χ1v) is 11.0. The molecule has 1 aromatic rings. The van der Waals surface area contributed by atoms with E-state index in [0.717, 1.165) is 16.8 Å². The maximum absolute atomic E-state index is 12.5. The van der Waals surface area contributed by atoms with Crippen molar-refractivity contribution in [3.8, 4) is 0 Å². The standard InChI is InChI=1S/C21H26N2O4S/c1-3-4-5-6-7-15-28(25,26)22-13-11-19(12-14-22)23-20-17(2)9-8-10-18(20)16-27-21(23)24/h3-10,19H,1,11-16H2,2H3/b5-4-,7-6+. The van der Waals surface area contributed by atoms with E-state index in [-0.39, 0.29) is 24.5 Å². The molecule has 3 rings (SSSR count). The molecule has 2 aliphatic heterocycles. The molecule has 150 valence electrons. The second kappa shape index (κ2) is 8.75. The van der Waals surface area contributed by atoms with Gasteiger partial charge in [-0.3, -0.25) is 4.90 Å². The SMILES string of the molecule is C=C/C=C\C=C\CS(=O)(=O)N1CCC(N2C(=O)OCc3cccc(C)c32)CC1. The van der Waals surface area contributed by atoms with Crippen LogP contribution >= 0.6 is 0 Å². The van der Waals surface area contributed by atoms with E-state index in [0.29, 0.717) is 25.9 Å². The first-order valence-electron chi connectivity index (χ1n) is 9.40. The van der Waals surface area contributed by atoms with Gasteiger partial charge in [0.25, 0.3) is 0 Å². The van der Waals surface area contributed by atoms with E-state index in [2.05, 4.69) is 6.58 Å². The van der Waals surface area contributed by atoms with E-state index in [1.54, 1.807) is 35.3 Å². The second-order valence-corrected chi connectivity index (χ2v) is 8.98. The molecule has 7 heteroatoms. The summed E-state index contributed by atoms with van der Waals surface area (Å²) in [6.45, 7) is 6.63. The van der Waals surface area contributed by atoms with E-state index in [1.165, 1.54) is 4.31 Å². The summed E-state index contributed by atoms with van der Waals surface area (Å²) >= 11 is 0. The fraction of sp³-hybridized carbons (Fsp3) is 0.381. The van der Waals surface area contributed by atoms with Gasteiger partial charge in [0, 0.05) is 24.7 Å². The van der Waals surface area contributed by atoms with Crippen LogP contribution in [0.25, 0.3) is 0 Å². The number of anilines is 1. The quantitative estimate of drug-likeness (QED) is 0.683. The number of benzene rings is 1. The smallest absolute Gasteiger partial charge is 0.414 e. The highest BCUT2D eigenvalue weighted by molar-refractivity contribution is 7.89. The third-order valence-electron chi connectivity index (χ3n) is 5.09. The zero-order valence-corrected chi connectivity index (χ0v) is 16.9.